The summed E-state index contributed by atoms with van der Waals surface area (Å²) in [5.41, 5.74) is 0.468. The van der Waals surface area contributed by atoms with E-state index in [9.17, 15) is 13.2 Å². The van der Waals surface area contributed by atoms with Gasteiger partial charge in [-0.1, -0.05) is 13.8 Å². The summed E-state index contributed by atoms with van der Waals surface area (Å²) >= 11 is 0. The third-order valence-corrected chi connectivity index (χ3v) is 5.49. The molecule has 8 heteroatoms. The molecule has 1 N–H and O–H groups in total. The lowest BCUT2D eigenvalue weighted by Gasteiger charge is -2.20. The third-order valence-electron chi connectivity index (χ3n) is 3.44. The van der Waals surface area contributed by atoms with Crippen molar-refractivity contribution in [3.63, 3.8) is 0 Å². The molecule has 130 valence electrons. The number of nitrogens with zero attached hydrogens (tertiary/aromatic N) is 2. The lowest BCUT2D eigenvalue weighted by molar-refractivity contribution is -0.126. The molecule has 0 fully saturated rings. The maximum absolute atomic E-state index is 12.6. The zero-order valence-electron chi connectivity index (χ0n) is 14.3. The molecule has 0 aliphatic carbocycles. The largest absolute Gasteiger partial charge is 0.495 e. The van der Waals surface area contributed by atoms with E-state index >= 15 is 0 Å². The van der Waals surface area contributed by atoms with Crippen LogP contribution in [-0.4, -0.2) is 64.4 Å². The average molecular weight is 343 g/mol. The third kappa shape index (κ3) is 4.59. The first kappa shape index (κ1) is 19.2. The monoisotopic (exact) mass is 343 g/mol. The van der Waals surface area contributed by atoms with Crippen LogP contribution in [0.3, 0.4) is 0 Å². The average Bonchev–Trinajstić information content (AvgIpc) is 2.52. The van der Waals surface area contributed by atoms with Crippen LogP contribution in [0, 0.1) is 0 Å². The van der Waals surface area contributed by atoms with E-state index < -0.39 is 10.0 Å². The van der Waals surface area contributed by atoms with Gasteiger partial charge in [-0.2, -0.15) is 4.31 Å². The first-order chi connectivity index (χ1) is 10.8. The molecule has 0 aromatic heterocycles. The fourth-order valence-corrected chi connectivity index (χ4v) is 3.51. The fourth-order valence-electron chi connectivity index (χ4n) is 2.03. The molecular weight excluding hydrogens is 318 g/mol. The Balaban J connectivity index is 3.14. The van der Waals surface area contributed by atoms with Crippen LogP contribution in [0.15, 0.2) is 23.1 Å². The molecule has 0 atom stereocenters. The van der Waals surface area contributed by atoms with Gasteiger partial charge in [0.1, 0.15) is 5.75 Å². The first-order valence-electron chi connectivity index (χ1n) is 7.40. The number of benzene rings is 1. The van der Waals surface area contributed by atoms with Gasteiger partial charge in [0.05, 0.1) is 24.2 Å². The number of hydrogen-bond donors (Lipinski definition) is 1. The molecular formula is C15H25N3O4S. The molecule has 0 bridgehead atoms. The smallest absolute Gasteiger partial charge is 0.243 e. The molecule has 0 heterocycles. The predicted molar refractivity (Wildman–Crippen MR) is 90.3 cm³/mol. The van der Waals surface area contributed by atoms with Crippen molar-refractivity contribution in [2.24, 2.45) is 0 Å². The van der Waals surface area contributed by atoms with Crippen LogP contribution in [0.4, 0.5) is 5.69 Å². The van der Waals surface area contributed by atoms with Crippen molar-refractivity contribution in [1.82, 2.24) is 9.21 Å². The molecule has 1 aromatic carbocycles. The molecule has 7 nitrogen and oxygen atoms in total. The summed E-state index contributed by atoms with van der Waals surface area (Å²) in [5, 5.41) is 2.93. The fraction of sp³-hybridized carbons (Fsp3) is 0.533. The summed E-state index contributed by atoms with van der Waals surface area (Å²) in [6.07, 6.45) is 0. The first-order valence-corrected chi connectivity index (χ1v) is 8.84. The summed E-state index contributed by atoms with van der Waals surface area (Å²) in [6.45, 7) is 4.43. The van der Waals surface area contributed by atoms with Crippen LogP contribution in [0.1, 0.15) is 13.8 Å². The number of nitrogens with one attached hydrogen (secondary N) is 1. The number of sulfonamides is 1. The van der Waals surface area contributed by atoms with Crippen LogP contribution in [0.25, 0.3) is 0 Å². The van der Waals surface area contributed by atoms with E-state index in [0.29, 0.717) is 24.5 Å². The van der Waals surface area contributed by atoms with E-state index in [1.165, 1.54) is 28.4 Å². The Bertz CT molecular complexity index is 640. The van der Waals surface area contributed by atoms with Gasteiger partial charge >= 0.3 is 0 Å². The number of rotatable bonds is 8. The lowest BCUT2D eigenvalue weighted by Crippen LogP contribution is -2.31. The molecule has 0 radical (unpaired) electrons. The van der Waals surface area contributed by atoms with Crippen LogP contribution >= 0.6 is 0 Å². The molecule has 1 aromatic rings. The summed E-state index contributed by atoms with van der Waals surface area (Å²) in [7, 11) is 1.24. The predicted octanol–water partition coefficient (Wildman–Crippen LogP) is 1.23. The van der Waals surface area contributed by atoms with Crippen molar-refractivity contribution < 1.29 is 17.9 Å². The quantitative estimate of drug-likeness (QED) is 0.768. The Morgan fingerprint density at radius 3 is 2.30 bits per heavy atom. The van der Waals surface area contributed by atoms with Gasteiger partial charge in [-0.25, -0.2) is 8.42 Å². The van der Waals surface area contributed by atoms with Gasteiger partial charge < -0.3 is 15.0 Å². The Morgan fingerprint density at radius 2 is 1.83 bits per heavy atom. The minimum absolute atomic E-state index is 0.0537. The summed E-state index contributed by atoms with van der Waals surface area (Å²) in [5.74, 6) is 0.360. The van der Waals surface area contributed by atoms with E-state index in [4.69, 9.17) is 4.74 Å². The minimum atomic E-state index is -3.56. The van der Waals surface area contributed by atoms with Crippen molar-refractivity contribution in [3.8, 4) is 5.75 Å². The van der Waals surface area contributed by atoms with E-state index in [2.05, 4.69) is 5.32 Å². The van der Waals surface area contributed by atoms with Crippen LogP contribution in [0.2, 0.25) is 0 Å². The standard InChI is InChI=1S/C15H25N3O4S/c1-6-18(7-2)23(20,21)12-8-9-14(22-5)13(10-12)16-11-15(19)17(3)4/h8-10,16H,6-7,11H2,1-5H3. The molecule has 0 unspecified atom stereocenters. The Kier molecular flexibility index (Phi) is 6.83. The highest BCUT2D eigenvalue weighted by Gasteiger charge is 2.23. The minimum Gasteiger partial charge on any atom is -0.495 e. The van der Waals surface area contributed by atoms with Crippen LogP contribution in [0.5, 0.6) is 5.75 Å². The zero-order chi connectivity index (χ0) is 17.6. The Hall–Kier alpha value is -1.80. The molecule has 0 saturated carbocycles. The summed E-state index contributed by atoms with van der Waals surface area (Å²) < 4.78 is 31.8. The number of carbonyl (C=O) groups is 1. The van der Waals surface area contributed by atoms with Crippen LogP contribution < -0.4 is 10.1 Å². The molecule has 0 saturated heterocycles. The summed E-state index contributed by atoms with van der Waals surface area (Å²) in [6, 6.07) is 4.58. The maximum atomic E-state index is 12.6. The highest BCUT2D eigenvalue weighted by Crippen LogP contribution is 2.28. The Morgan fingerprint density at radius 1 is 1.22 bits per heavy atom. The zero-order valence-corrected chi connectivity index (χ0v) is 15.1. The van der Waals surface area contributed by atoms with E-state index in [1.807, 2.05) is 0 Å². The van der Waals surface area contributed by atoms with Crippen molar-refractivity contribution in [2.75, 3.05) is 46.2 Å². The second-order valence-electron chi connectivity index (χ2n) is 5.09. The molecule has 0 aliphatic heterocycles. The number of carbonyl (C=O) groups excluding carboxylic acids is 1. The van der Waals surface area contributed by atoms with Gasteiger partial charge in [0, 0.05) is 27.2 Å². The van der Waals surface area contributed by atoms with Crippen molar-refractivity contribution in [1.29, 1.82) is 0 Å². The van der Waals surface area contributed by atoms with E-state index in [-0.39, 0.29) is 17.3 Å². The maximum Gasteiger partial charge on any atom is 0.243 e. The number of likely N-dealkylation sites (N-methyl/N-ethyl adjacent to an activating group) is 1. The van der Waals surface area contributed by atoms with Crippen LogP contribution in [-0.2, 0) is 14.8 Å². The number of hydrogen-bond acceptors (Lipinski definition) is 5. The highest BCUT2D eigenvalue weighted by atomic mass is 32.2. The Labute approximate surface area is 138 Å². The molecule has 1 amide bonds. The van der Waals surface area contributed by atoms with Gasteiger partial charge in [-0.3, -0.25) is 4.79 Å². The van der Waals surface area contributed by atoms with Gasteiger partial charge in [0.2, 0.25) is 15.9 Å². The highest BCUT2D eigenvalue weighted by molar-refractivity contribution is 7.89. The molecule has 0 aliphatic rings. The topological polar surface area (TPSA) is 79.0 Å². The van der Waals surface area contributed by atoms with Gasteiger partial charge in [-0.15, -0.1) is 0 Å². The second kappa shape index (κ2) is 8.16. The van der Waals surface area contributed by atoms with Crippen molar-refractivity contribution in [3.05, 3.63) is 18.2 Å². The molecule has 1 rings (SSSR count). The number of anilines is 1. The number of amides is 1. The van der Waals surface area contributed by atoms with E-state index in [1.54, 1.807) is 34.0 Å². The van der Waals surface area contributed by atoms with E-state index in [0.717, 1.165) is 0 Å². The van der Waals surface area contributed by atoms with Gasteiger partial charge in [0.25, 0.3) is 0 Å². The lowest BCUT2D eigenvalue weighted by atomic mass is 10.3. The van der Waals surface area contributed by atoms with Gasteiger partial charge in [0.15, 0.2) is 0 Å². The molecule has 0 spiro atoms. The van der Waals surface area contributed by atoms with Crippen molar-refractivity contribution >= 4 is 21.6 Å². The number of methoxy groups -OCH3 is 1. The second-order valence-corrected chi connectivity index (χ2v) is 7.03. The van der Waals surface area contributed by atoms with Gasteiger partial charge in [-0.05, 0) is 18.2 Å². The SMILES string of the molecule is CCN(CC)S(=O)(=O)c1ccc(OC)c(NCC(=O)N(C)C)c1. The number of ether oxygens (including phenoxy) is 1. The summed E-state index contributed by atoms with van der Waals surface area (Å²) in [4.78, 5) is 13.3. The molecule has 23 heavy (non-hydrogen) atoms. The normalized spacial score (nSPS) is 11.4. The van der Waals surface area contributed by atoms with Crippen molar-refractivity contribution in [2.45, 2.75) is 18.7 Å².